The molecule has 1 aliphatic heterocycles. The molecule has 4 aromatic rings. The van der Waals surface area contributed by atoms with Crippen LogP contribution in [0.15, 0.2) is 84.3 Å². The van der Waals surface area contributed by atoms with Gasteiger partial charge in [-0.05, 0) is 41.5 Å². The smallest absolute Gasteiger partial charge is 0.244 e. The van der Waals surface area contributed by atoms with Crippen LogP contribution in [0.25, 0.3) is 11.3 Å². The van der Waals surface area contributed by atoms with Crippen LogP contribution < -0.4 is 19.9 Å². The third kappa shape index (κ3) is 4.27. The quantitative estimate of drug-likeness (QED) is 0.372. The molecule has 0 radical (unpaired) electrons. The number of aromatic nitrogens is 2. The van der Waals surface area contributed by atoms with Crippen molar-refractivity contribution in [1.82, 2.24) is 10.2 Å². The van der Waals surface area contributed by atoms with E-state index in [9.17, 15) is 5.26 Å². The topological polar surface area (TPSA) is 106 Å². The standard InChI is InChI=1S/C27H21ClN4O3/c1-33-22-13-18(9-12-21(22)34-15-16-5-3-2-4-6-16)25-24-23(17-7-10-19(28)11-8-17)20(14-29)26(30)35-27(24)32-31-25/h2-13,23H,15,30H2,1H3,(H,31,32)/t23-/m0/s1. The lowest BCUT2D eigenvalue weighted by Gasteiger charge is -2.24. The molecule has 0 fully saturated rings. The van der Waals surface area contributed by atoms with E-state index in [2.05, 4.69) is 16.3 Å². The molecule has 0 saturated heterocycles. The summed E-state index contributed by atoms with van der Waals surface area (Å²) < 4.78 is 17.3. The molecule has 5 rings (SSSR count). The Kier molecular flexibility index (Phi) is 6.04. The highest BCUT2D eigenvalue weighted by Crippen LogP contribution is 2.46. The van der Waals surface area contributed by atoms with E-state index < -0.39 is 5.92 Å². The van der Waals surface area contributed by atoms with Gasteiger partial charge in [0.15, 0.2) is 11.5 Å². The summed E-state index contributed by atoms with van der Waals surface area (Å²) in [6.07, 6.45) is 0. The summed E-state index contributed by atoms with van der Waals surface area (Å²) in [5.41, 5.74) is 10.5. The number of fused-ring (bicyclic) bond motifs is 1. The fraction of sp³-hybridized carbons (Fsp3) is 0.111. The number of ether oxygens (including phenoxy) is 3. The minimum atomic E-state index is -0.477. The molecular formula is C27H21ClN4O3. The Hall–Kier alpha value is -4.41. The Morgan fingerprint density at radius 2 is 1.86 bits per heavy atom. The molecule has 3 N–H and O–H groups in total. The van der Waals surface area contributed by atoms with Gasteiger partial charge in [0.1, 0.15) is 18.2 Å². The Balaban J connectivity index is 1.54. The molecule has 2 heterocycles. The van der Waals surface area contributed by atoms with Crippen molar-refractivity contribution in [3.05, 3.63) is 106 Å². The monoisotopic (exact) mass is 484 g/mol. The fourth-order valence-corrected chi connectivity index (χ4v) is 4.26. The largest absolute Gasteiger partial charge is 0.493 e. The van der Waals surface area contributed by atoms with E-state index in [4.69, 9.17) is 31.5 Å². The second-order valence-corrected chi connectivity index (χ2v) is 8.37. The zero-order chi connectivity index (χ0) is 24.4. The van der Waals surface area contributed by atoms with Crippen molar-refractivity contribution in [3.8, 4) is 34.7 Å². The van der Waals surface area contributed by atoms with Crippen LogP contribution in [0.2, 0.25) is 5.02 Å². The Labute approximate surface area is 207 Å². The number of aromatic amines is 1. The maximum absolute atomic E-state index is 9.88. The molecule has 3 aromatic carbocycles. The number of nitrogens with two attached hydrogens (primary N) is 1. The molecule has 35 heavy (non-hydrogen) atoms. The normalized spacial score (nSPS) is 14.6. The van der Waals surface area contributed by atoms with Crippen molar-refractivity contribution in [2.45, 2.75) is 12.5 Å². The predicted molar refractivity (Wildman–Crippen MR) is 132 cm³/mol. The zero-order valence-corrected chi connectivity index (χ0v) is 19.5. The molecule has 1 atom stereocenters. The van der Waals surface area contributed by atoms with Crippen LogP contribution >= 0.6 is 11.6 Å². The van der Waals surface area contributed by atoms with Gasteiger partial charge < -0.3 is 19.9 Å². The number of H-pyrrole nitrogens is 1. The van der Waals surface area contributed by atoms with Crippen molar-refractivity contribution >= 4 is 11.6 Å². The summed E-state index contributed by atoms with van der Waals surface area (Å²) in [6.45, 7) is 0.415. The van der Waals surface area contributed by atoms with Gasteiger partial charge in [-0.3, -0.25) is 5.10 Å². The first-order valence-corrected chi connectivity index (χ1v) is 11.2. The molecule has 1 aliphatic rings. The summed E-state index contributed by atoms with van der Waals surface area (Å²) in [7, 11) is 1.59. The van der Waals surface area contributed by atoms with E-state index >= 15 is 0 Å². The van der Waals surface area contributed by atoms with Gasteiger partial charge in [0.05, 0.1) is 24.3 Å². The van der Waals surface area contributed by atoms with Gasteiger partial charge in [0.2, 0.25) is 11.8 Å². The molecule has 0 saturated carbocycles. The Morgan fingerprint density at radius 1 is 1.09 bits per heavy atom. The van der Waals surface area contributed by atoms with Crippen LogP contribution in [0, 0.1) is 11.3 Å². The summed E-state index contributed by atoms with van der Waals surface area (Å²) in [6, 6.07) is 25.0. The Morgan fingerprint density at radius 3 is 2.57 bits per heavy atom. The van der Waals surface area contributed by atoms with Crippen molar-refractivity contribution in [1.29, 1.82) is 5.26 Å². The van der Waals surface area contributed by atoms with E-state index in [0.717, 1.165) is 16.7 Å². The maximum atomic E-state index is 9.88. The number of allylic oxidation sites excluding steroid dienone is 1. The SMILES string of the molecule is COc1cc(-c2[nH]nc3c2[C@@H](c2ccc(Cl)cc2)C(C#N)=C(N)O3)ccc1OCc1ccccc1. The van der Waals surface area contributed by atoms with Crippen LogP contribution in [-0.2, 0) is 6.61 Å². The summed E-state index contributed by atoms with van der Waals surface area (Å²) in [5, 5.41) is 17.9. The minimum absolute atomic E-state index is 0.0280. The molecule has 7 nitrogen and oxygen atoms in total. The number of nitrogens with one attached hydrogen (secondary N) is 1. The number of methoxy groups -OCH3 is 1. The van der Waals surface area contributed by atoms with Gasteiger partial charge in [-0.25, -0.2) is 0 Å². The molecule has 1 aromatic heterocycles. The number of halogens is 1. The lowest BCUT2D eigenvalue weighted by atomic mass is 9.83. The van der Waals surface area contributed by atoms with Gasteiger partial charge in [0.25, 0.3) is 0 Å². The van der Waals surface area contributed by atoms with Crippen LogP contribution in [-0.4, -0.2) is 17.3 Å². The van der Waals surface area contributed by atoms with E-state index in [1.54, 1.807) is 19.2 Å². The van der Waals surface area contributed by atoms with Gasteiger partial charge in [-0.2, -0.15) is 5.26 Å². The van der Waals surface area contributed by atoms with Crippen LogP contribution in [0.1, 0.15) is 22.6 Å². The summed E-state index contributed by atoms with van der Waals surface area (Å²) >= 11 is 6.10. The number of rotatable bonds is 6. The first-order chi connectivity index (χ1) is 17.1. The van der Waals surface area contributed by atoms with E-state index in [-0.39, 0.29) is 5.88 Å². The lowest BCUT2D eigenvalue weighted by Crippen LogP contribution is -2.20. The zero-order valence-electron chi connectivity index (χ0n) is 18.8. The molecule has 0 aliphatic carbocycles. The highest BCUT2D eigenvalue weighted by Gasteiger charge is 2.35. The molecule has 0 spiro atoms. The number of hydrogen-bond donors (Lipinski definition) is 2. The predicted octanol–water partition coefficient (Wildman–Crippen LogP) is 5.54. The number of nitriles is 1. The number of benzene rings is 3. The number of nitrogens with zero attached hydrogens (tertiary/aromatic N) is 2. The highest BCUT2D eigenvalue weighted by atomic mass is 35.5. The van der Waals surface area contributed by atoms with Crippen molar-refractivity contribution < 1.29 is 14.2 Å². The Bertz CT molecular complexity index is 1440. The van der Waals surface area contributed by atoms with Gasteiger partial charge in [-0.1, -0.05) is 54.1 Å². The average Bonchev–Trinajstić information content (AvgIpc) is 3.31. The molecule has 0 bridgehead atoms. The van der Waals surface area contributed by atoms with E-state index in [1.807, 2.05) is 60.7 Å². The molecular weight excluding hydrogens is 464 g/mol. The van der Waals surface area contributed by atoms with Crippen LogP contribution in [0.3, 0.4) is 0 Å². The summed E-state index contributed by atoms with van der Waals surface area (Å²) in [4.78, 5) is 0. The molecule has 174 valence electrons. The second-order valence-electron chi connectivity index (χ2n) is 7.93. The molecule has 0 unspecified atom stereocenters. The minimum Gasteiger partial charge on any atom is -0.493 e. The van der Waals surface area contributed by atoms with Crippen molar-refractivity contribution in [2.24, 2.45) is 5.73 Å². The first-order valence-electron chi connectivity index (χ1n) is 10.9. The number of hydrogen-bond acceptors (Lipinski definition) is 6. The third-order valence-corrected chi connectivity index (χ3v) is 6.08. The maximum Gasteiger partial charge on any atom is 0.244 e. The third-order valence-electron chi connectivity index (χ3n) is 5.83. The summed E-state index contributed by atoms with van der Waals surface area (Å²) in [5.74, 6) is 1.05. The van der Waals surface area contributed by atoms with Crippen molar-refractivity contribution in [2.75, 3.05) is 7.11 Å². The first kappa shape index (κ1) is 22.4. The highest BCUT2D eigenvalue weighted by molar-refractivity contribution is 6.30. The van der Waals surface area contributed by atoms with Gasteiger partial charge >= 0.3 is 0 Å². The van der Waals surface area contributed by atoms with E-state index in [1.165, 1.54) is 0 Å². The lowest BCUT2D eigenvalue weighted by molar-refractivity contribution is 0.284. The molecule has 0 amide bonds. The van der Waals surface area contributed by atoms with Crippen LogP contribution in [0.4, 0.5) is 0 Å². The van der Waals surface area contributed by atoms with E-state index in [0.29, 0.717) is 45.8 Å². The van der Waals surface area contributed by atoms with Crippen molar-refractivity contribution in [3.63, 3.8) is 0 Å². The molecule has 8 heteroatoms. The van der Waals surface area contributed by atoms with Gasteiger partial charge in [0, 0.05) is 10.6 Å². The fourth-order valence-electron chi connectivity index (χ4n) is 4.13. The van der Waals surface area contributed by atoms with Gasteiger partial charge in [-0.15, -0.1) is 5.10 Å². The average molecular weight is 485 g/mol. The van der Waals surface area contributed by atoms with Crippen LogP contribution in [0.5, 0.6) is 17.4 Å². The second kappa shape index (κ2) is 9.45.